The summed E-state index contributed by atoms with van der Waals surface area (Å²) in [6.45, 7) is 1.02. The van der Waals surface area contributed by atoms with E-state index >= 15 is 0 Å². The van der Waals surface area contributed by atoms with E-state index in [1.165, 1.54) is 31.3 Å². The molecule has 2 amide bonds. The van der Waals surface area contributed by atoms with Gasteiger partial charge < -0.3 is 4.90 Å². The number of likely N-dealkylation sites (tertiary alicyclic amines) is 1. The molecular weight excluding hydrogens is 342 g/mol. The van der Waals surface area contributed by atoms with Crippen LogP contribution >= 0.6 is 0 Å². The quantitative estimate of drug-likeness (QED) is 0.893. The van der Waals surface area contributed by atoms with Gasteiger partial charge in [-0.2, -0.15) is 5.10 Å². The summed E-state index contributed by atoms with van der Waals surface area (Å²) in [5, 5.41) is 6.65. The summed E-state index contributed by atoms with van der Waals surface area (Å²) in [6.07, 6.45) is 2.11. The van der Waals surface area contributed by atoms with E-state index in [0.29, 0.717) is 30.9 Å². The van der Waals surface area contributed by atoms with E-state index in [0.717, 1.165) is 23.6 Å². The van der Waals surface area contributed by atoms with Crippen molar-refractivity contribution in [3.63, 3.8) is 0 Å². The molecule has 0 radical (unpaired) electrons. The van der Waals surface area contributed by atoms with Crippen LogP contribution in [0.1, 0.15) is 30.7 Å². The fourth-order valence-corrected chi connectivity index (χ4v) is 3.20. The van der Waals surface area contributed by atoms with Crippen LogP contribution in [-0.2, 0) is 7.05 Å². The van der Waals surface area contributed by atoms with E-state index in [9.17, 15) is 18.4 Å². The number of urea groups is 1. The zero-order valence-electron chi connectivity index (χ0n) is 14.4. The number of nitrogens with one attached hydrogen (secondary N) is 1. The van der Waals surface area contributed by atoms with Gasteiger partial charge in [-0.1, -0.05) is 0 Å². The van der Waals surface area contributed by atoms with Gasteiger partial charge in [-0.3, -0.25) is 10.1 Å². The van der Waals surface area contributed by atoms with Crippen molar-refractivity contribution in [1.29, 1.82) is 0 Å². The molecule has 1 aromatic carbocycles. The van der Waals surface area contributed by atoms with Crippen LogP contribution in [0.4, 0.5) is 19.4 Å². The molecule has 138 valence electrons. The number of carbonyl (C=O) groups excluding carboxylic acids is 1. The van der Waals surface area contributed by atoms with E-state index in [2.05, 4.69) is 10.4 Å². The summed E-state index contributed by atoms with van der Waals surface area (Å²) in [5.41, 5.74) is 0.368. The van der Waals surface area contributed by atoms with Gasteiger partial charge in [-0.25, -0.2) is 18.3 Å². The maximum atomic E-state index is 13.4. The van der Waals surface area contributed by atoms with Gasteiger partial charge >= 0.3 is 6.03 Å². The Balaban J connectivity index is 1.65. The highest BCUT2D eigenvalue weighted by Gasteiger charge is 2.22. The molecule has 2 heterocycles. The van der Waals surface area contributed by atoms with Crippen molar-refractivity contribution < 1.29 is 13.6 Å². The second kappa shape index (κ2) is 7.63. The average Bonchev–Trinajstić information content (AvgIpc) is 2.83. The molecular formula is C18H20F2N4O2. The first-order chi connectivity index (χ1) is 12.4. The predicted octanol–water partition coefficient (Wildman–Crippen LogP) is 2.86. The number of carbonyl (C=O) groups is 1. The maximum Gasteiger partial charge on any atom is 0.323 e. The summed E-state index contributed by atoms with van der Waals surface area (Å²) in [7, 11) is 1.51. The van der Waals surface area contributed by atoms with Gasteiger partial charge in [0.25, 0.3) is 5.56 Å². The van der Waals surface area contributed by atoms with Gasteiger partial charge in [0, 0.05) is 32.3 Å². The Bertz CT molecular complexity index is 848. The number of nitrogens with zero attached hydrogens (tertiary/aromatic N) is 3. The first-order valence-corrected chi connectivity index (χ1v) is 8.48. The summed E-state index contributed by atoms with van der Waals surface area (Å²) >= 11 is 0. The van der Waals surface area contributed by atoms with Crippen LogP contribution in [0.25, 0.3) is 0 Å². The predicted molar refractivity (Wildman–Crippen MR) is 93.0 cm³/mol. The molecule has 0 aliphatic carbocycles. The van der Waals surface area contributed by atoms with Gasteiger partial charge in [-0.15, -0.1) is 0 Å². The third-order valence-electron chi connectivity index (χ3n) is 4.57. The smallest absolute Gasteiger partial charge is 0.323 e. The molecule has 6 nitrogen and oxygen atoms in total. The summed E-state index contributed by atoms with van der Waals surface area (Å²) in [5.74, 6) is -0.863. The first kappa shape index (κ1) is 18.0. The number of amides is 2. The number of aryl methyl sites for hydroxylation is 1. The molecule has 1 atom stereocenters. The van der Waals surface area contributed by atoms with Crippen molar-refractivity contribution >= 4 is 11.8 Å². The molecule has 3 rings (SSSR count). The van der Waals surface area contributed by atoms with Gasteiger partial charge in [-0.05, 0) is 48.9 Å². The number of benzene rings is 1. The highest BCUT2D eigenvalue weighted by Crippen LogP contribution is 2.29. The number of hydrogen-bond acceptors (Lipinski definition) is 3. The van der Waals surface area contributed by atoms with E-state index < -0.39 is 11.6 Å². The fraction of sp³-hybridized carbons (Fsp3) is 0.389. The second-order valence-corrected chi connectivity index (χ2v) is 6.43. The Morgan fingerprint density at radius 1 is 1.15 bits per heavy atom. The topological polar surface area (TPSA) is 67.2 Å². The molecule has 1 aliphatic rings. The normalized spacial score (nSPS) is 17.7. The Labute approximate surface area is 149 Å². The Morgan fingerprint density at radius 2 is 1.88 bits per heavy atom. The summed E-state index contributed by atoms with van der Waals surface area (Å²) in [4.78, 5) is 25.4. The molecule has 1 aliphatic heterocycles. The van der Waals surface area contributed by atoms with Gasteiger partial charge in [0.2, 0.25) is 0 Å². The van der Waals surface area contributed by atoms with Crippen LogP contribution in [0, 0.1) is 11.6 Å². The lowest BCUT2D eigenvalue weighted by Crippen LogP contribution is -2.36. The third kappa shape index (κ3) is 4.25. The second-order valence-electron chi connectivity index (χ2n) is 6.43. The Hall–Kier alpha value is -2.77. The van der Waals surface area contributed by atoms with Gasteiger partial charge in [0.05, 0.1) is 0 Å². The average molecular weight is 362 g/mol. The summed E-state index contributed by atoms with van der Waals surface area (Å²) in [6, 6.07) is 6.06. The van der Waals surface area contributed by atoms with Crippen LogP contribution in [0.5, 0.6) is 0 Å². The largest absolute Gasteiger partial charge is 0.324 e. The van der Waals surface area contributed by atoms with Crippen LogP contribution in [0.15, 0.2) is 35.1 Å². The number of anilines is 1. The standard InChI is InChI=1S/C18H20F2N4O2/c1-23-17(25)5-4-16(22-23)21-18(26)24-7-2-3-12(6-8-24)13-9-14(19)11-15(20)10-13/h4-5,9-12H,2-3,6-8H2,1H3,(H,21,22,26)/t12-/m1/s1. The minimum Gasteiger partial charge on any atom is -0.324 e. The molecule has 8 heteroatoms. The first-order valence-electron chi connectivity index (χ1n) is 8.48. The number of aromatic nitrogens is 2. The van der Waals surface area contributed by atoms with E-state index in [-0.39, 0.29) is 17.5 Å². The van der Waals surface area contributed by atoms with Crippen molar-refractivity contribution in [2.45, 2.75) is 25.2 Å². The molecule has 1 N–H and O–H groups in total. The number of halogens is 2. The van der Waals surface area contributed by atoms with E-state index in [1.54, 1.807) is 4.90 Å². The van der Waals surface area contributed by atoms with Crippen LogP contribution in [0.2, 0.25) is 0 Å². The van der Waals surface area contributed by atoms with E-state index in [4.69, 9.17) is 0 Å². The minimum atomic E-state index is -0.584. The van der Waals surface area contributed by atoms with Gasteiger partial charge in [0.15, 0.2) is 5.82 Å². The Kier molecular flexibility index (Phi) is 5.29. The molecule has 1 aromatic heterocycles. The SMILES string of the molecule is Cn1nc(NC(=O)N2CCC[C@@H](c3cc(F)cc(F)c3)CC2)ccc1=O. The molecule has 2 aromatic rings. The highest BCUT2D eigenvalue weighted by atomic mass is 19.1. The zero-order chi connectivity index (χ0) is 18.7. The number of hydrogen-bond donors (Lipinski definition) is 1. The monoisotopic (exact) mass is 362 g/mol. The van der Waals surface area contributed by atoms with Crippen LogP contribution in [-0.4, -0.2) is 33.8 Å². The van der Waals surface area contributed by atoms with Crippen molar-refractivity contribution in [2.75, 3.05) is 18.4 Å². The maximum absolute atomic E-state index is 13.4. The minimum absolute atomic E-state index is 0.00803. The lowest BCUT2D eigenvalue weighted by molar-refractivity contribution is 0.213. The highest BCUT2D eigenvalue weighted by molar-refractivity contribution is 5.88. The molecule has 26 heavy (non-hydrogen) atoms. The lowest BCUT2D eigenvalue weighted by atomic mass is 9.92. The molecule has 0 unspecified atom stereocenters. The van der Waals surface area contributed by atoms with Crippen molar-refractivity contribution in [3.8, 4) is 0 Å². The van der Waals surface area contributed by atoms with E-state index in [1.807, 2.05) is 0 Å². The fourth-order valence-electron chi connectivity index (χ4n) is 3.20. The number of rotatable bonds is 2. The molecule has 0 spiro atoms. The van der Waals surface area contributed by atoms with Gasteiger partial charge in [0.1, 0.15) is 11.6 Å². The molecule has 0 bridgehead atoms. The lowest BCUT2D eigenvalue weighted by Gasteiger charge is -2.21. The zero-order valence-corrected chi connectivity index (χ0v) is 14.4. The summed E-state index contributed by atoms with van der Waals surface area (Å²) < 4.78 is 28.0. The van der Waals surface area contributed by atoms with Crippen molar-refractivity contribution in [3.05, 3.63) is 57.9 Å². The van der Waals surface area contributed by atoms with Crippen LogP contribution < -0.4 is 10.9 Å². The molecule has 1 fully saturated rings. The van der Waals surface area contributed by atoms with Crippen LogP contribution in [0.3, 0.4) is 0 Å². The Morgan fingerprint density at radius 3 is 2.58 bits per heavy atom. The third-order valence-corrected chi connectivity index (χ3v) is 4.57. The molecule has 0 saturated carbocycles. The molecule has 1 saturated heterocycles. The van der Waals surface area contributed by atoms with Crippen molar-refractivity contribution in [2.24, 2.45) is 7.05 Å². The van der Waals surface area contributed by atoms with Crippen molar-refractivity contribution in [1.82, 2.24) is 14.7 Å².